The van der Waals surface area contributed by atoms with E-state index < -0.39 is 0 Å². The van der Waals surface area contributed by atoms with Gasteiger partial charge in [0.1, 0.15) is 5.75 Å². The van der Waals surface area contributed by atoms with Gasteiger partial charge in [-0.25, -0.2) is 0 Å². The van der Waals surface area contributed by atoms with Crippen molar-refractivity contribution in [2.75, 3.05) is 14.2 Å². The highest BCUT2D eigenvalue weighted by atomic mass is 32.1. The third-order valence-electron chi connectivity index (χ3n) is 2.62. The van der Waals surface area contributed by atoms with Crippen molar-refractivity contribution in [3.63, 3.8) is 0 Å². The van der Waals surface area contributed by atoms with Crippen molar-refractivity contribution in [3.8, 4) is 5.75 Å². The highest BCUT2D eigenvalue weighted by Crippen LogP contribution is 2.34. The Kier molecular flexibility index (Phi) is 2.93. The molecule has 0 saturated carbocycles. The summed E-state index contributed by atoms with van der Waals surface area (Å²) < 4.78 is 6.62. The fraction of sp³-hybridized carbons (Fsp3) is 0.333. The van der Waals surface area contributed by atoms with E-state index >= 15 is 0 Å². The van der Waals surface area contributed by atoms with Gasteiger partial charge in [0, 0.05) is 21.0 Å². The van der Waals surface area contributed by atoms with E-state index in [9.17, 15) is 0 Å². The van der Waals surface area contributed by atoms with Crippen molar-refractivity contribution in [1.82, 2.24) is 5.32 Å². The lowest BCUT2D eigenvalue weighted by molar-refractivity contribution is 0.420. The quantitative estimate of drug-likeness (QED) is 0.859. The minimum Gasteiger partial charge on any atom is -0.496 e. The molecule has 0 radical (unpaired) electrons. The van der Waals surface area contributed by atoms with E-state index in [0.29, 0.717) is 6.04 Å². The van der Waals surface area contributed by atoms with E-state index in [4.69, 9.17) is 4.74 Å². The van der Waals surface area contributed by atoms with Crippen molar-refractivity contribution in [2.45, 2.75) is 13.0 Å². The maximum atomic E-state index is 5.34. The molecule has 1 atom stereocenters. The molecule has 3 heteroatoms. The van der Waals surface area contributed by atoms with Crippen LogP contribution in [0.2, 0.25) is 0 Å². The van der Waals surface area contributed by atoms with Gasteiger partial charge in [0.15, 0.2) is 0 Å². The average Bonchev–Trinajstić information content (AvgIpc) is 2.71. The number of methoxy groups -OCH3 is 1. The highest BCUT2D eigenvalue weighted by molar-refractivity contribution is 7.19. The largest absolute Gasteiger partial charge is 0.496 e. The van der Waals surface area contributed by atoms with E-state index in [1.807, 2.05) is 30.5 Å². The van der Waals surface area contributed by atoms with Gasteiger partial charge in [-0.2, -0.15) is 0 Å². The van der Waals surface area contributed by atoms with Gasteiger partial charge in [0.2, 0.25) is 0 Å². The van der Waals surface area contributed by atoms with Gasteiger partial charge in [0.05, 0.1) is 7.11 Å². The van der Waals surface area contributed by atoms with Gasteiger partial charge in [-0.05, 0) is 32.2 Å². The van der Waals surface area contributed by atoms with Crippen LogP contribution in [0.5, 0.6) is 5.75 Å². The lowest BCUT2D eigenvalue weighted by Gasteiger charge is -2.05. The van der Waals surface area contributed by atoms with Crippen LogP contribution in [0.4, 0.5) is 0 Å². The first-order chi connectivity index (χ1) is 7.26. The first-order valence-electron chi connectivity index (χ1n) is 5.00. The summed E-state index contributed by atoms with van der Waals surface area (Å²) in [5.41, 5.74) is 0. The van der Waals surface area contributed by atoms with Crippen molar-refractivity contribution >= 4 is 21.4 Å². The Bertz CT molecular complexity index is 464. The topological polar surface area (TPSA) is 21.3 Å². The summed E-state index contributed by atoms with van der Waals surface area (Å²) >= 11 is 1.82. The summed E-state index contributed by atoms with van der Waals surface area (Å²) in [6.07, 6.45) is 0. The molecular formula is C12H15NOS. The van der Waals surface area contributed by atoms with E-state index in [1.54, 1.807) is 7.11 Å². The van der Waals surface area contributed by atoms with Crippen LogP contribution in [0.25, 0.3) is 10.1 Å². The number of nitrogens with one attached hydrogen (secondary N) is 1. The first kappa shape index (κ1) is 10.5. The molecule has 0 saturated heterocycles. The number of thiophene rings is 1. The predicted octanol–water partition coefficient (Wildman–Crippen LogP) is 3.19. The van der Waals surface area contributed by atoms with Gasteiger partial charge in [0.25, 0.3) is 0 Å². The number of rotatable bonds is 3. The van der Waals surface area contributed by atoms with Crippen LogP contribution in [0.15, 0.2) is 24.3 Å². The Morgan fingerprint density at radius 1 is 1.40 bits per heavy atom. The van der Waals surface area contributed by atoms with Crippen LogP contribution >= 0.6 is 11.3 Å². The van der Waals surface area contributed by atoms with Crippen LogP contribution in [0.3, 0.4) is 0 Å². The maximum Gasteiger partial charge on any atom is 0.127 e. The minimum absolute atomic E-state index is 0.395. The third kappa shape index (κ3) is 1.85. The van der Waals surface area contributed by atoms with Crippen molar-refractivity contribution in [1.29, 1.82) is 0 Å². The van der Waals surface area contributed by atoms with Crippen LogP contribution < -0.4 is 10.1 Å². The van der Waals surface area contributed by atoms with Crippen LogP contribution in [-0.2, 0) is 0 Å². The Morgan fingerprint density at radius 3 is 2.87 bits per heavy atom. The molecule has 15 heavy (non-hydrogen) atoms. The molecule has 1 aromatic heterocycles. The summed E-state index contributed by atoms with van der Waals surface area (Å²) in [5, 5.41) is 4.46. The summed E-state index contributed by atoms with van der Waals surface area (Å²) in [6.45, 7) is 2.16. The lowest BCUT2D eigenvalue weighted by atomic mass is 10.2. The van der Waals surface area contributed by atoms with Gasteiger partial charge < -0.3 is 10.1 Å². The summed E-state index contributed by atoms with van der Waals surface area (Å²) in [4.78, 5) is 1.34. The number of ether oxygens (including phenoxy) is 1. The number of fused-ring (bicyclic) bond motifs is 1. The second-order valence-electron chi connectivity index (χ2n) is 3.53. The molecule has 2 rings (SSSR count). The van der Waals surface area contributed by atoms with Crippen LogP contribution in [0.1, 0.15) is 17.8 Å². The Balaban J connectivity index is 2.55. The molecule has 0 spiro atoms. The molecule has 0 aliphatic rings. The summed E-state index contributed by atoms with van der Waals surface area (Å²) in [5.74, 6) is 0.957. The Hall–Kier alpha value is -1.06. The van der Waals surface area contributed by atoms with E-state index in [-0.39, 0.29) is 0 Å². The number of hydrogen-bond donors (Lipinski definition) is 1. The van der Waals surface area contributed by atoms with Crippen molar-refractivity contribution in [3.05, 3.63) is 29.1 Å². The molecule has 0 aliphatic carbocycles. The van der Waals surface area contributed by atoms with E-state index in [2.05, 4.69) is 24.4 Å². The molecular weight excluding hydrogens is 206 g/mol. The van der Waals surface area contributed by atoms with Crippen LogP contribution in [-0.4, -0.2) is 14.2 Å². The molecule has 0 amide bonds. The monoisotopic (exact) mass is 221 g/mol. The molecule has 0 aliphatic heterocycles. The molecule has 0 fully saturated rings. The highest BCUT2D eigenvalue weighted by Gasteiger charge is 2.09. The van der Waals surface area contributed by atoms with Gasteiger partial charge >= 0.3 is 0 Å². The standard InChI is InChI=1S/C12H15NOS/c1-8(13-2)12-7-9-10(14-3)5-4-6-11(9)15-12/h4-8,13H,1-3H3. The predicted molar refractivity (Wildman–Crippen MR) is 65.9 cm³/mol. The maximum absolute atomic E-state index is 5.34. The number of benzene rings is 1. The average molecular weight is 221 g/mol. The van der Waals surface area contributed by atoms with Crippen molar-refractivity contribution < 1.29 is 4.74 Å². The zero-order valence-corrected chi connectivity index (χ0v) is 10.0. The molecule has 1 aromatic carbocycles. The molecule has 2 nitrogen and oxygen atoms in total. The van der Waals surface area contributed by atoms with Gasteiger partial charge in [-0.3, -0.25) is 0 Å². The first-order valence-corrected chi connectivity index (χ1v) is 5.81. The second kappa shape index (κ2) is 4.21. The fourth-order valence-electron chi connectivity index (χ4n) is 1.59. The SMILES string of the molecule is CNC(C)c1cc2c(OC)cccc2s1. The van der Waals surface area contributed by atoms with Crippen LogP contribution in [0, 0.1) is 0 Å². The van der Waals surface area contributed by atoms with E-state index in [0.717, 1.165) is 5.75 Å². The third-order valence-corrected chi connectivity index (χ3v) is 3.90. The summed E-state index contributed by atoms with van der Waals surface area (Å²) in [6, 6.07) is 8.77. The van der Waals surface area contributed by atoms with Gasteiger partial charge in [-0.15, -0.1) is 11.3 Å². The Labute approximate surface area is 93.9 Å². The van der Waals surface area contributed by atoms with E-state index in [1.165, 1.54) is 15.0 Å². The molecule has 2 aromatic rings. The second-order valence-corrected chi connectivity index (χ2v) is 4.65. The van der Waals surface area contributed by atoms with Crippen molar-refractivity contribution in [2.24, 2.45) is 0 Å². The summed E-state index contributed by atoms with van der Waals surface area (Å²) in [7, 11) is 3.69. The normalized spacial score (nSPS) is 13.0. The smallest absolute Gasteiger partial charge is 0.127 e. The zero-order chi connectivity index (χ0) is 10.8. The Morgan fingerprint density at radius 2 is 2.20 bits per heavy atom. The molecule has 80 valence electrons. The molecule has 1 N–H and O–H groups in total. The van der Waals surface area contributed by atoms with Gasteiger partial charge in [-0.1, -0.05) is 6.07 Å². The number of hydrogen-bond acceptors (Lipinski definition) is 3. The minimum atomic E-state index is 0.395. The lowest BCUT2D eigenvalue weighted by Crippen LogP contribution is -2.10. The molecule has 1 heterocycles. The molecule has 0 bridgehead atoms. The molecule has 1 unspecified atom stereocenters. The zero-order valence-electron chi connectivity index (χ0n) is 9.20. The fourth-order valence-corrected chi connectivity index (χ4v) is 2.73.